The van der Waals surface area contributed by atoms with Gasteiger partial charge in [0.25, 0.3) is 0 Å². The first-order chi connectivity index (χ1) is 9.22. The van der Waals surface area contributed by atoms with Gasteiger partial charge >= 0.3 is 5.69 Å². The summed E-state index contributed by atoms with van der Waals surface area (Å²) in [5.74, 6) is 0.675. The summed E-state index contributed by atoms with van der Waals surface area (Å²) in [6.07, 6.45) is 2.14. The van der Waals surface area contributed by atoms with E-state index in [1.807, 2.05) is 0 Å². The van der Waals surface area contributed by atoms with Crippen LogP contribution in [0.2, 0.25) is 0 Å². The molecule has 1 N–H and O–H groups in total. The first-order valence-electron chi connectivity index (χ1n) is 6.35. The number of hydrogen-bond acceptors (Lipinski definition) is 5. The number of benzene rings is 1. The predicted molar refractivity (Wildman–Crippen MR) is 71.7 cm³/mol. The van der Waals surface area contributed by atoms with E-state index in [4.69, 9.17) is 9.47 Å². The van der Waals surface area contributed by atoms with Gasteiger partial charge in [0.15, 0.2) is 5.75 Å². The van der Waals surface area contributed by atoms with Crippen molar-refractivity contribution < 1.29 is 14.4 Å². The maximum absolute atomic E-state index is 11.1. The Morgan fingerprint density at radius 2 is 2.42 bits per heavy atom. The highest BCUT2D eigenvalue weighted by atomic mass is 16.6. The molecule has 0 amide bonds. The van der Waals surface area contributed by atoms with Crippen molar-refractivity contribution in [2.75, 3.05) is 32.2 Å². The molecule has 1 aromatic carbocycles. The third-order valence-corrected chi connectivity index (χ3v) is 3.24. The van der Waals surface area contributed by atoms with Gasteiger partial charge in [-0.2, -0.15) is 0 Å². The second-order valence-electron chi connectivity index (χ2n) is 4.58. The van der Waals surface area contributed by atoms with Gasteiger partial charge in [0.2, 0.25) is 0 Å². The summed E-state index contributed by atoms with van der Waals surface area (Å²) in [6.45, 7) is 2.20. The van der Waals surface area contributed by atoms with E-state index >= 15 is 0 Å². The van der Waals surface area contributed by atoms with Crippen molar-refractivity contribution in [3.63, 3.8) is 0 Å². The lowest BCUT2D eigenvalue weighted by molar-refractivity contribution is -0.384. The zero-order valence-electron chi connectivity index (χ0n) is 10.9. The average molecular weight is 266 g/mol. The number of hydrogen-bond donors (Lipinski definition) is 1. The Hall–Kier alpha value is -1.82. The number of para-hydroxylation sites is 1. The monoisotopic (exact) mass is 266 g/mol. The van der Waals surface area contributed by atoms with Gasteiger partial charge in [-0.3, -0.25) is 10.1 Å². The average Bonchev–Trinajstić information content (AvgIpc) is 2.45. The molecule has 1 unspecified atom stereocenters. The SMILES string of the molecule is COc1cccc(NCC2CCCOC2)c1[N+](=O)[O-]. The third kappa shape index (κ3) is 3.35. The zero-order chi connectivity index (χ0) is 13.7. The van der Waals surface area contributed by atoms with Crippen LogP contribution in [0.5, 0.6) is 5.75 Å². The van der Waals surface area contributed by atoms with Crippen LogP contribution in [0.4, 0.5) is 11.4 Å². The van der Waals surface area contributed by atoms with Gasteiger partial charge in [-0.25, -0.2) is 0 Å². The van der Waals surface area contributed by atoms with Crippen molar-refractivity contribution in [1.29, 1.82) is 0 Å². The first kappa shape index (κ1) is 13.6. The second kappa shape index (κ2) is 6.38. The van der Waals surface area contributed by atoms with Crippen LogP contribution in [0.3, 0.4) is 0 Å². The molecule has 0 radical (unpaired) electrons. The molecule has 19 heavy (non-hydrogen) atoms. The van der Waals surface area contributed by atoms with E-state index in [2.05, 4.69) is 5.32 Å². The number of methoxy groups -OCH3 is 1. The molecule has 1 aliphatic rings. The van der Waals surface area contributed by atoms with E-state index in [-0.39, 0.29) is 11.4 Å². The molecular formula is C13H18N2O4. The van der Waals surface area contributed by atoms with Gasteiger partial charge in [-0.05, 0) is 30.9 Å². The molecule has 1 aromatic rings. The molecule has 2 rings (SSSR count). The lowest BCUT2D eigenvalue weighted by Crippen LogP contribution is -2.24. The summed E-state index contributed by atoms with van der Waals surface area (Å²) < 4.78 is 10.4. The molecule has 1 saturated heterocycles. The molecule has 104 valence electrons. The number of nitrogens with one attached hydrogen (secondary N) is 1. The van der Waals surface area contributed by atoms with Gasteiger partial charge in [0, 0.05) is 13.2 Å². The van der Waals surface area contributed by atoms with Crippen LogP contribution >= 0.6 is 0 Å². The van der Waals surface area contributed by atoms with Crippen LogP contribution in [0.15, 0.2) is 18.2 Å². The molecule has 1 aliphatic heterocycles. The van der Waals surface area contributed by atoms with Crippen molar-refractivity contribution in [2.24, 2.45) is 5.92 Å². The summed E-state index contributed by atoms with van der Waals surface area (Å²) in [6, 6.07) is 5.03. The highest BCUT2D eigenvalue weighted by molar-refractivity contribution is 5.68. The first-order valence-corrected chi connectivity index (χ1v) is 6.35. The molecule has 6 nitrogen and oxygen atoms in total. The predicted octanol–water partition coefficient (Wildman–Crippen LogP) is 2.44. The van der Waals surface area contributed by atoms with Crippen molar-refractivity contribution in [2.45, 2.75) is 12.8 Å². The molecule has 0 aromatic heterocycles. The minimum atomic E-state index is -0.418. The van der Waals surface area contributed by atoms with Crippen LogP contribution in [-0.2, 0) is 4.74 Å². The largest absolute Gasteiger partial charge is 0.490 e. The Morgan fingerprint density at radius 1 is 1.58 bits per heavy atom. The smallest absolute Gasteiger partial charge is 0.333 e. The lowest BCUT2D eigenvalue weighted by Gasteiger charge is -2.22. The minimum Gasteiger partial charge on any atom is -0.490 e. The quantitative estimate of drug-likeness (QED) is 0.654. The fourth-order valence-electron chi connectivity index (χ4n) is 2.24. The topological polar surface area (TPSA) is 73.6 Å². The number of nitrogens with zero attached hydrogens (tertiary/aromatic N) is 1. The zero-order valence-corrected chi connectivity index (χ0v) is 10.9. The van der Waals surface area contributed by atoms with Crippen LogP contribution in [0, 0.1) is 16.0 Å². The molecule has 0 spiro atoms. The van der Waals surface area contributed by atoms with E-state index in [1.165, 1.54) is 7.11 Å². The lowest BCUT2D eigenvalue weighted by atomic mass is 10.0. The normalized spacial score (nSPS) is 18.9. The number of nitro groups is 1. The molecule has 1 atom stereocenters. The fourth-order valence-corrected chi connectivity index (χ4v) is 2.24. The maximum atomic E-state index is 11.1. The summed E-state index contributed by atoms with van der Waals surface area (Å²) in [4.78, 5) is 10.7. The van der Waals surface area contributed by atoms with Crippen LogP contribution < -0.4 is 10.1 Å². The summed E-state index contributed by atoms with van der Waals surface area (Å²) in [5, 5.41) is 14.3. The Balaban J connectivity index is 2.08. The summed E-state index contributed by atoms with van der Waals surface area (Å²) >= 11 is 0. The second-order valence-corrected chi connectivity index (χ2v) is 4.58. The molecule has 0 bridgehead atoms. The number of rotatable bonds is 5. The molecule has 0 saturated carbocycles. The molecule has 6 heteroatoms. The minimum absolute atomic E-state index is 0.0123. The summed E-state index contributed by atoms with van der Waals surface area (Å²) in [7, 11) is 1.43. The maximum Gasteiger partial charge on any atom is 0.333 e. The molecular weight excluding hydrogens is 248 g/mol. The molecule has 1 fully saturated rings. The molecule has 0 aliphatic carbocycles. The van der Waals surface area contributed by atoms with Gasteiger partial charge in [0.1, 0.15) is 5.69 Å². The number of anilines is 1. The van der Waals surface area contributed by atoms with Gasteiger partial charge in [-0.1, -0.05) is 6.07 Å². The Kier molecular flexibility index (Phi) is 4.57. The van der Waals surface area contributed by atoms with Gasteiger partial charge in [0.05, 0.1) is 18.6 Å². The summed E-state index contributed by atoms with van der Waals surface area (Å²) in [5.41, 5.74) is 0.483. The highest BCUT2D eigenvalue weighted by Crippen LogP contribution is 2.34. The standard InChI is InChI=1S/C13H18N2O4/c1-18-12-6-2-5-11(13(12)15(16)17)14-8-10-4-3-7-19-9-10/h2,5-6,10,14H,3-4,7-9H2,1H3. The van der Waals surface area contributed by atoms with Crippen LogP contribution in [0.25, 0.3) is 0 Å². The van der Waals surface area contributed by atoms with Gasteiger partial charge in [-0.15, -0.1) is 0 Å². The van der Waals surface area contributed by atoms with Crippen LogP contribution in [-0.4, -0.2) is 31.8 Å². The van der Waals surface area contributed by atoms with E-state index in [9.17, 15) is 10.1 Å². The van der Waals surface area contributed by atoms with E-state index < -0.39 is 4.92 Å². The van der Waals surface area contributed by atoms with E-state index in [0.29, 0.717) is 24.8 Å². The van der Waals surface area contributed by atoms with Crippen molar-refractivity contribution >= 4 is 11.4 Å². The third-order valence-electron chi connectivity index (χ3n) is 3.24. The van der Waals surface area contributed by atoms with Crippen molar-refractivity contribution in [1.82, 2.24) is 0 Å². The Labute approximate surface area is 111 Å². The van der Waals surface area contributed by atoms with E-state index in [0.717, 1.165) is 19.4 Å². The highest BCUT2D eigenvalue weighted by Gasteiger charge is 2.21. The fraction of sp³-hybridized carbons (Fsp3) is 0.538. The number of ether oxygens (including phenoxy) is 2. The van der Waals surface area contributed by atoms with E-state index in [1.54, 1.807) is 18.2 Å². The Bertz CT molecular complexity index is 444. The van der Waals surface area contributed by atoms with Crippen molar-refractivity contribution in [3.8, 4) is 5.75 Å². The Morgan fingerprint density at radius 3 is 3.05 bits per heavy atom. The van der Waals surface area contributed by atoms with Crippen LogP contribution in [0.1, 0.15) is 12.8 Å². The van der Waals surface area contributed by atoms with Gasteiger partial charge < -0.3 is 14.8 Å². The molecule has 1 heterocycles. The number of nitro benzene ring substituents is 1. The van der Waals surface area contributed by atoms with Crippen molar-refractivity contribution in [3.05, 3.63) is 28.3 Å².